The lowest BCUT2D eigenvalue weighted by Crippen LogP contribution is -2.46. The van der Waals surface area contributed by atoms with Crippen molar-refractivity contribution in [2.24, 2.45) is 0 Å². The Kier molecular flexibility index (Phi) is 4.92. The van der Waals surface area contributed by atoms with Crippen LogP contribution in [-0.2, 0) is 11.3 Å². The highest BCUT2D eigenvalue weighted by atomic mass is 16.5. The van der Waals surface area contributed by atoms with Gasteiger partial charge in [0.2, 0.25) is 0 Å². The van der Waals surface area contributed by atoms with Crippen molar-refractivity contribution < 1.29 is 9.53 Å². The maximum Gasteiger partial charge on any atom is 0.338 e. The van der Waals surface area contributed by atoms with Crippen LogP contribution < -0.4 is 0 Å². The number of rotatable bonds is 4. The zero-order chi connectivity index (χ0) is 18.8. The fraction of sp³-hybridized carbons (Fsp3) is 0.333. The highest BCUT2D eigenvalue weighted by Gasteiger charge is 2.27. The predicted molar refractivity (Wildman–Crippen MR) is 104 cm³/mol. The van der Waals surface area contributed by atoms with E-state index in [9.17, 15) is 4.79 Å². The lowest BCUT2D eigenvalue weighted by Gasteiger charge is -2.40. The number of ether oxygens (including phenoxy) is 1. The van der Waals surface area contributed by atoms with Crippen LogP contribution in [0.4, 0.5) is 0 Å². The van der Waals surface area contributed by atoms with Crippen molar-refractivity contribution in [1.29, 1.82) is 0 Å². The zero-order valence-corrected chi connectivity index (χ0v) is 15.7. The monoisotopic (exact) mass is 364 g/mol. The molecule has 0 saturated carbocycles. The van der Waals surface area contributed by atoms with E-state index < -0.39 is 0 Å². The summed E-state index contributed by atoms with van der Waals surface area (Å²) in [5.74, 6) is -0.342. The number of benzene rings is 1. The minimum absolute atomic E-state index is 0.342. The Morgan fingerprint density at radius 2 is 2.04 bits per heavy atom. The molecule has 6 nitrogen and oxygen atoms in total. The van der Waals surface area contributed by atoms with Crippen LogP contribution in [0.5, 0.6) is 0 Å². The SMILES string of the molecule is COC(=O)c1ccn2cc(CN3CCN(C)CC3c3ccccc3)nc2c1. The van der Waals surface area contributed by atoms with Gasteiger partial charge in [0.25, 0.3) is 0 Å². The van der Waals surface area contributed by atoms with Gasteiger partial charge in [-0.25, -0.2) is 9.78 Å². The summed E-state index contributed by atoms with van der Waals surface area (Å²) in [5, 5.41) is 0. The van der Waals surface area contributed by atoms with Crippen molar-refractivity contribution in [2.75, 3.05) is 33.8 Å². The van der Waals surface area contributed by atoms with E-state index in [-0.39, 0.29) is 5.97 Å². The second-order valence-corrected chi connectivity index (χ2v) is 7.06. The fourth-order valence-corrected chi connectivity index (χ4v) is 3.70. The summed E-state index contributed by atoms with van der Waals surface area (Å²) in [6, 6.07) is 14.5. The maximum absolute atomic E-state index is 11.7. The summed E-state index contributed by atoms with van der Waals surface area (Å²) in [4.78, 5) is 21.3. The number of hydrogen-bond acceptors (Lipinski definition) is 5. The Hall–Kier alpha value is -2.70. The normalized spacial score (nSPS) is 18.7. The third kappa shape index (κ3) is 3.72. The molecular weight excluding hydrogens is 340 g/mol. The third-order valence-electron chi connectivity index (χ3n) is 5.17. The molecule has 1 aromatic carbocycles. The van der Waals surface area contributed by atoms with Gasteiger partial charge in [0.05, 0.1) is 18.4 Å². The van der Waals surface area contributed by atoms with Crippen LogP contribution in [-0.4, -0.2) is 58.9 Å². The van der Waals surface area contributed by atoms with Crippen LogP contribution in [0, 0.1) is 0 Å². The smallest absolute Gasteiger partial charge is 0.338 e. The quantitative estimate of drug-likeness (QED) is 0.666. The number of likely N-dealkylation sites (N-methyl/N-ethyl adjacent to an activating group) is 1. The highest BCUT2D eigenvalue weighted by Crippen LogP contribution is 2.26. The largest absolute Gasteiger partial charge is 0.465 e. The second kappa shape index (κ2) is 7.50. The average molecular weight is 364 g/mol. The molecule has 4 rings (SSSR count). The molecule has 0 aliphatic carbocycles. The molecule has 1 fully saturated rings. The van der Waals surface area contributed by atoms with Gasteiger partial charge in [-0.1, -0.05) is 30.3 Å². The van der Waals surface area contributed by atoms with Gasteiger partial charge in [-0.15, -0.1) is 0 Å². The molecule has 140 valence electrons. The number of imidazole rings is 1. The number of carbonyl (C=O) groups is 1. The number of hydrogen-bond donors (Lipinski definition) is 0. The molecule has 0 N–H and O–H groups in total. The van der Waals surface area contributed by atoms with Gasteiger partial charge in [-0.2, -0.15) is 0 Å². The summed E-state index contributed by atoms with van der Waals surface area (Å²) in [6.07, 6.45) is 3.90. The van der Waals surface area contributed by atoms with Crippen molar-refractivity contribution in [3.63, 3.8) is 0 Å². The number of fused-ring (bicyclic) bond motifs is 1. The summed E-state index contributed by atoms with van der Waals surface area (Å²) < 4.78 is 6.75. The van der Waals surface area contributed by atoms with E-state index in [0.29, 0.717) is 11.6 Å². The number of piperazine rings is 1. The van der Waals surface area contributed by atoms with Crippen molar-refractivity contribution in [2.45, 2.75) is 12.6 Å². The topological polar surface area (TPSA) is 50.1 Å². The Balaban J connectivity index is 1.59. The van der Waals surface area contributed by atoms with E-state index in [2.05, 4.69) is 47.2 Å². The molecule has 2 aromatic heterocycles. The first-order valence-electron chi connectivity index (χ1n) is 9.17. The Morgan fingerprint density at radius 1 is 1.22 bits per heavy atom. The van der Waals surface area contributed by atoms with Gasteiger partial charge in [0.1, 0.15) is 5.65 Å². The van der Waals surface area contributed by atoms with E-state index in [1.807, 2.05) is 16.8 Å². The van der Waals surface area contributed by atoms with E-state index in [1.165, 1.54) is 12.7 Å². The van der Waals surface area contributed by atoms with Crippen molar-refractivity contribution in [3.8, 4) is 0 Å². The lowest BCUT2D eigenvalue weighted by molar-refractivity contribution is 0.0600. The van der Waals surface area contributed by atoms with Crippen LogP contribution in [0.3, 0.4) is 0 Å². The third-order valence-corrected chi connectivity index (χ3v) is 5.17. The first-order chi connectivity index (χ1) is 13.1. The predicted octanol–water partition coefficient (Wildman–Crippen LogP) is 2.61. The van der Waals surface area contributed by atoms with E-state index >= 15 is 0 Å². The first kappa shape index (κ1) is 17.7. The fourth-order valence-electron chi connectivity index (χ4n) is 3.70. The van der Waals surface area contributed by atoms with Gasteiger partial charge in [-0.3, -0.25) is 4.90 Å². The van der Waals surface area contributed by atoms with Gasteiger partial charge >= 0.3 is 5.97 Å². The summed E-state index contributed by atoms with van der Waals surface area (Å²) in [5.41, 5.74) is 3.62. The Morgan fingerprint density at radius 3 is 2.81 bits per heavy atom. The zero-order valence-electron chi connectivity index (χ0n) is 15.7. The Labute approximate surface area is 159 Å². The minimum Gasteiger partial charge on any atom is -0.465 e. The molecule has 0 radical (unpaired) electrons. The van der Waals surface area contributed by atoms with Crippen LogP contribution in [0.1, 0.15) is 27.7 Å². The highest BCUT2D eigenvalue weighted by molar-refractivity contribution is 5.90. The van der Waals surface area contributed by atoms with Crippen molar-refractivity contribution in [1.82, 2.24) is 19.2 Å². The van der Waals surface area contributed by atoms with Crippen LogP contribution in [0.2, 0.25) is 0 Å². The number of methoxy groups -OCH3 is 1. The molecule has 1 aliphatic rings. The average Bonchev–Trinajstić information content (AvgIpc) is 3.11. The van der Waals surface area contributed by atoms with Gasteiger partial charge < -0.3 is 14.0 Å². The number of carbonyl (C=O) groups excluding carboxylic acids is 1. The molecule has 27 heavy (non-hydrogen) atoms. The molecule has 0 amide bonds. The first-order valence-corrected chi connectivity index (χ1v) is 9.17. The number of pyridine rings is 1. The number of aromatic nitrogens is 2. The maximum atomic E-state index is 11.7. The molecular formula is C21H24N4O2. The van der Waals surface area contributed by atoms with Crippen molar-refractivity contribution >= 4 is 11.6 Å². The van der Waals surface area contributed by atoms with Gasteiger partial charge in [0.15, 0.2) is 0 Å². The molecule has 1 aliphatic heterocycles. The molecule has 1 atom stereocenters. The van der Waals surface area contributed by atoms with Gasteiger partial charge in [0, 0.05) is 44.6 Å². The van der Waals surface area contributed by atoms with E-state index in [1.54, 1.807) is 12.1 Å². The molecule has 0 bridgehead atoms. The van der Waals surface area contributed by atoms with Crippen molar-refractivity contribution in [3.05, 3.63) is 71.7 Å². The lowest BCUT2D eigenvalue weighted by atomic mass is 10.0. The molecule has 0 spiro atoms. The summed E-state index contributed by atoms with van der Waals surface area (Å²) in [7, 11) is 3.56. The molecule has 1 saturated heterocycles. The second-order valence-electron chi connectivity index (χ2n) is 7.06. The van der Waals surface area contributed by atoms with Crippen LogP contribution >= 0.6 is 0 Å². The van der Waals surface area contributed by atoms with Crippen LogP contribution in [0.25, 0.3) is 5.65 Å². The van der Waals surface area contributed by atoms with Gasteiger partial charge in [-0.05, 0) is 24.7 Å². The number of esters is 1. The summed E-state index contributed by atoms with van der Waals surface area (Å²) in [6.45, 7) is 3.83. The van der Waals surface area contributed by atoms with E-state index in [0.717, 1.165) is 37.5 Å². The standard InChI is InChI=1S/C21H24N4O2/c1-23-10-11-24(19(15-23)16-6-4-3-5-7-16)13-18-14-25-9-8-17(21(26)27-2)12-20(25)22-18/h3-9,12,14,19H,10-11,13,15H2,1-2H3. The molecule has 3 heterocycles. The molecule has 6 heteroatoms. The van der Waals surface area contributed by atoms with E-state index in [4.69, 9.17) is 9.72 Å². The number of nitrogens with zero attached hydrogens (tertiary/aromatic N) is 4. The molecule has 3 aromatic rings. The summed E-state index contributed by atoms with van der Waals surface area (Å²) >= 11 is 0. The van der Waals surface area contributed by atoms with Crippen LogP contribution in [0.15, 0.2) is 54.9 Å². The minimum atomic E-state index is -0.342. The Bertz CT molecular complexity index is 938. The molecule has 1 unspecified atom stereocenters.